The van der Waals surface area contributed by atoms with Crippen LogP contribution in [-0.4, -0.2) is 51.5 Å². The fourth-order valence-corrected chi connectivity index (χ4v) is 2.67. The van der Waals surface area contributed by atoms with E-state index >= 15 is 0 Å². The molecule has 0 aromatic carbocycles. The molecule has 0 spiro atoms. The lowest BCUT2D eigenvalue weighted by atomic mass is 10.1. The molecular weight excluding hydrogens is 406 g/mol. The molecule has 0 unspecified atom stereocenters. The molecule has 2 aromatic heterocycles. The molecule has 1 aliphatic heterocycles. The van der Waals surface area contributed by atoms with Crippen LogP contribution in [0.4, 0.5) is 44.1 Å². The molecule has 7 nitrogen and oxygen atoms in total. The number of anilines is 3. The van der Waals surface area contributed by atoms with Crippen molar-refractivity contribution in [2.45, 2.75) is 37.7 Å². The van der Waals surface area contributed by atoms with Crippen molar-refractivity contribution < 1.29 is 31.1 Å². The normalized spacial score (nSPS) is 15.5. The van der Waals surface area contributed by atoms with Crippen LogP contribution in [0.15, 0.2) is 24.4 Å². The lowest BCUT2D eigenvalue weighted by Crippen LogP contribution is -2.47. The number of alkyl halides is 6. The third kappa shape index (κ3) is 5.57. The van der Waals surface area contributed by atoms with Crippen molar-refractivity contribution in [1.29, 1.82) is 0 Å². The minimum absolute atomic E-state index is 0.0729. The summed E-state index contributed by atoms with van der Waals surface area (Å²) < 4.78 is 81.3. The number of ether oxygens (including phenoxy) is 1. The highest BCUT2D eigenvalue weighted by atomic mass is 19.4. The largest absolute Gasteiger partial charge is 0.440 e. The third-order valence-corrected chi connectivity index (χ3v) is 3.96. The summed E-state index contributed by atoms with van der Waals surface area (Å²) in [5, 5.41) is 2.63. The van der Waals surface area contributed by atoms with Crippen LogP contribution in [0, 0.1) is 0 Å². The van der Waals surface area contributed by atoms with Gasteiger partial charge in [0.25, 0.3) is 6.10 Å². The fraction of sp³-hybridized carbons (Fsp3) is 0.500. The first kappa shape index (κ1) is 20.9. The van der Waals surface area contributed by atoms with Crippen LogP contribution < -0.4 is 15.0 Å². The molecule has 158 valence electrons. The number of pyridine rings is 1. The van der Waals surface area contributed by atoms with E-state index in [-0.39, 0.29) is 17.7 Å². The summed E-state index contributed by atoms with van der Waals surface area (Å²) in [5.74, 6) is -0.106. The zero-order valence-corrected chi connectivity index (χ0v) is 14.8. The van der Waals surface area contributed by atoms with Gasteiger partial charge in [0, 0.05) is 19.3 Å². The number of halogens is 6. The summed E-state index contributed by atoms with van der Waals surface area (Å²) in [5.41, 5.74) is 0. The molecule has 0 atom stereocenters. The van der Waals surface area contributed by atoms with Crippen molar-refractivity contribution in [3.8, 4) is 6.01 Å². The lowest BCUT2D eigenvalue weighted by molar-refractivity contribution is -0.301. The maximum Gasteiger partial charge on any atom is 0.434 e. The van der Waals surface area contributed by atoms with E-state index in [2.05, 4.69) is 30.0 Å². The van der Waals surface area contributed by atoms with Gasteiger partial charge in [-0.3, -0.25) is 0 Å². The molecule has 3 rings (SSSR count). The van der Waals surface area contributed by atoms with Gasteiger partial charge in [0.05, 0.1) is 0 Å². The summed E-state index contributed by atoms with van der Waals surface area (Å²) >= 11 is 0. The molecule has 0 bridgehead atoms. The second-order valence-electron chi connectivity index (χ2n) is 6.21. The van der Waals surface area contributed by atoms with Gasteiger partial charge in [-0.1, -0.05) is 6.07 Å². The predicted molar refractivity (Wildman–Crippen MR) is 89.9 cm³/mol. The highest BCUT2D eigenvalue weighted by Gasteiger charge is 2.59. The van der Waals surface area contributed by atoms with Crippen LogP contribution in [0.5, 0.6) is 6.01 Å². The van der Waals surface area contributed by atoms with Gasteiger partial charge < -0.3 is 15.0 Å². The first-order valence-electron chi connectivity index (χ1n) is 8.62. The van der Waals surface area contributed by atoms with E-state index in [9.17, 15) is 26.3 Å². The minimum atomic E-state index is -5.69. The number of rotatable bonds is 5. The second-order valence-corrected chi connectivity index (χ2v) is 6.21. The van der Waals surface area contributed by atoms with E-state index in [1.54, 1.807) is 17.0 Å². The lowest BCUT2D eigenvalue weighted by Gasteiger charge is -2.27. The average molecular weight is 422 g/mol. The maximum atomic E-state index is 12.9. The van der Waals surface area contributed by atoms with E-state index in [1.165, 1.54) is 12.3 Å². The van der Waals surface area contributed by atoms with Gasteiger partial charge in [0.2, 0.25) is 11.9 Å². The Hall–Kier alpha value is -2.86. The Labute approximate surface area is 161 Å². The summed E-state index contributed by atoms with van der Waals surface area (Å²) in [7, 11) is 0. The van der Waals surface area contributed by atoms with Crippen molar-refractivity contribution >= 4 is 17.7 Å². The molecule has 1 aliphatic rings. The van der Waals surface area contributed by atoms with E-state index in [0.29, 0.717) is 13.1 Å². The van der Waals surface area contributed by atoms with Crippen molar-refractivity contribution in [2.75, 3.05) is 23.3 Å². The summed E-state index contributed by atoms with van der Waals surface area (Å²) in [6, 6.07) is 3.70. The highest BCUT2D eigenvalue weighted by molar-refractivity contribution is 5.49. The molecule has 0 radical (unpaired) electrons. The molecule has 1 saturated heterocycles. The first-order valence-corrected chi connectivity index (χ1v) is 8.62. The maximum absolute atomic E-state index is 12.9. The monoisotopic (exact) mass is 422 g/mol. The molecule has 1 N–H and O–H groups in total. The fourth-order valence-electron chi connectivity index (χ4n) is 2.67. The van der Waals surface area contributed by atoms with E-state index < -0.39 is 24.5 Å². The van der Waals surface area contributed by atoms with E-state index in [0.717, 1.165) is 19.3 Å². The zero-order chi connectivity index (χ0) is 21.1. The number of nitrogens with zero attached hydrogens (tertiary/aromatic N) is 5. The van der Waals surface area contributed by atoms with Crippen molar-refractivity contribution in [3.05, 3.63) is 24.4 Å². The van der Waals surface area contributed by atoms with E-state index in [4.69, 9.17) is 0 Å². The Balaban J connectivity index is 1.95. The number of nitrogens with one attached hydrogen (secondary N) is 1. The molecule has 2 aromatic rings. The van der Waals surface area contributed by atoms with Gasteiger partial charge in [-0.15, -0.1) is 0 Å². The standard InChI is InChI=1S/C16H16F6N6O/c17-15(18,19)11(16(20,21)22)29-14-26-12(24-10-6-2-3-7-23-10)25-13(27-14)28-8-4-1-5-9-28/h2-3,6-7,11H,1,4-5,8-9H2,(H,23,24,25,26,27). The third-order valence-electron chi connectivity index (χ3n) is 3.96. The highest BCUT2D eigenvalue weighted by Crippen LogP contribution is 2.36. The molecule has 29 heavy (non-hydrogen) atoms. The van der Waals surface area contributed by atoms with Crippen molar-refractivity contribution in [1.82, 2.24) is 19.9 Å². The van der Waals surface area contributed by atoms with Gasteiger partial charge in [-0.2, -0.15) is 41.3 Å². The molecule has 1 fully saturated rings. The quantitative estimate of drug-likeness (QED) is 0.733. The second kappa shape index (κ2) is 8.25. The number of hydrogen-bond donors (Lipinski definition) is 1. The summed E-state index contributed by atoms with van der Waals surface area (Å²) in [4.78, 5) is 17.0. The molecule has 0 aliphatic carbocycles. The van der Waals surface area contributed by atoms with Crippen LogP contribution in [0.1, 0.15) is 19.3 Å². The van der Waals surface area contributed by atoms with Gasteiger partial charge in [-0.25, -0.2) is 4.98 Å². The smallest absolute Gasteiger partial charge is 0.434 e. The Bertz CT molecular complexity index is 796. The van der Waals surface area contributed by atoms with Crippen LogP contribution in [0.2, 0.25) is 0 Å². The van der Waals surface area contributed by atoms with Crippen LogP contribution in [-0.2, 0) is 0 Å². The minimum Gasteiger partial charge on any atom is -0.440 e. The van der Waals surface area contributed by atoms with Gasteiger partial charge >= 0.3 is 18.4 Å². The molecule has 0 amide bonds. The Morgan fingerprint density at radius 1 is 0.931 bits per heavy atom. The number of aromatic nitrogens is 4. The Kier molecular flexibility index (Phi) is 5.94. The SMILES string of the molecule is FC(F)(F)C(Oc1nc(Nc2ccccn2)nc(N2CCCCC2)n1)C(F)(F)F. The van der Waals surface area contributed by atoms with Gasteiger partial charge in [0.1, 0.15) is 5.82 Å². The molecular formula is C16H16F6N6O. The van der Waals surface area contributed by atoms with Crippen LogP contribution in [0.3, 0.4) is 0 Å². The topological polar surface area (TPSA) is 76.1 Å². The van der Waals surface area contributed by atoms with Gasteiger partial charge in [-0.05, 0) is 31.4 Å². The number of hydrogen-bond acceptors (Lipinski definition) is 7. The Morgan fingerprint density at radius 2 is 1.62 bits per heavy atom. The van der Waals surface area contributed by atoms with Crippen LogP contribution in [0.25, 0.3) is 0 Å². The predicted octanol–water partition coefficient (Wildman–Crippen LogP) is 3.87. The van der Waals surface area contributed by atoms with Crippen molar-refractivity contribution in [2.24, 2.45) is 0 Å². The molecule has 3 heterocycles. The zero-order valence-electron chi connectivity index (χ0n) is 14.8. The molecule has 13 heteroatoms. The summed E-state index contributed by atoms with van der Waals surface area (Å²) in [6.07, 6.45) is -11.5. The van der Waals surface area contributed by atoms with Crippen LogP contribution >= 0.6 is 0 Å². The average Bonchev–Trinajstić information content (AvgIpc) is 2.66. The first-order chi connectivity index (χ1) is 13.6. The van der Waals surface area contributed by atoms with Crippen molar-refractivity contribution in [3.63, 3.8) is 0 Å². The molecule has 0 saturated carbocycles. The summed E-state index contributed by atoms with van der Waals surface area (Å²) in [6.45, 7) is 1.02. The number of piperidine rings is 1. The van der Waals surface area contributed by atoms with Gasteiger partial charge in [0.15, 0.2) is 0 Å². The Morgan fingerprint density at radius 3 is 2.21 bits per heavy atom. The van der Waals surface area contributed by atoms with E-state index in [1.807, 2.05) is 0 Å².